The van der Waals surface area contributed by atoms with Crippen LogP contribution in [0.2, 0.25) is 0 Å². The van der Waals surface area contributed by atoms with Gasteiger partial charge in [-0.2, -0.15) is 67.5 Å². The fraction of sp³-hybridized carbons (Fsp3) is 0.667. The molecule has 236 valence electrons. The first-order chi connectivity index (χ1) is 14.4. The van der Waals surface area contributed by atoms with Crippen molar-refractivity contribution >= 4 is 85.3 Å². The number of carbonyl (C=O) groups excluding carboxylic acids is 2. The van der Waals surface area contributed by atoms with Crippen LogP contribution >= 0.6 is 67.5 Å². The maximum absolute atomic E-state index is 13.2. The number of nitrogens with zero attached hydrogens (tertiary/aromatic N) is 1. The van der Waals surface area contributed by atoms with Crippen LogP contribution < -0.4 is 5.32 Å². The van der Waals surface area contributed by atoms with E-state index in [-0.39, 0.29) is 128 Å². The Kier molecular flexibility index (Phi) is 36.6. The number of carboxylic acids is 1. The van der Waals surface area contributed by atoms with Crippen molar-refractivity contribution in [3.05, 3.63) is 35.9 Å². The summed E-state index contributed by atoms with van der Waals surface area (Å²) in [4.78, 5) is 39.1. The second-order valence-corrected chi connectivity index (χ2v) is 8.31. The number of aryl methyl sites for hydroxylation is 1. The molecule has 0 radical (unpaired) electrons. The summed E-state index contributed by atoms with van der Waals surface area (Å²) in [6, 6.07) is 7.76. The smallest absolute Gasteiger partial charge is 0.326 e. The van der Waals surface area contributed by atoms with Crippen molar-refractivity contribution in [1.29, 1.82) is 0 Å². The lowest BCUT2D eigenvalue weighted by Gasteiger charge is -2.31. The fourth-order valence-electron chi connectivity index (χ4n) is 4.89. The molecule has 1 aliphatic carbocycles. The predicted molar refractivity (Wildman–Crippen MR) is 191 cm³/mol. The second-order valence-electron chi connectivity index (χ2n) is 8.31. The van der Waals surface area contributed by atoms with Gasteiger partial charge in [0.2, 0.25) is 5.91 Å². The molecule has 1 amide bonds. The Morgan fingerprint density at radius 1 is 1.00 bits per heavy atom. The molecule has 2 aliphatic rings. The molecule has 1 heterocycles. The molecule has 1 saturated heterocycles. The van der Waals surface area contributed by atoms with E-state index in [0.29, 0.717) is 19.3 Å². The van der Waals surface area contributed by atoms with Crippen LogP contribution in [0.3, 0.4) is 0 Å². The standard InChI is InChI=1S/C23H32N2O5.4CH4.5H2S/c1-3-30-23(29)18(13-12-16-8-5-4-6-9-16)24-15(2)21(26)25-19-11-7-10-17(19)14-20(25)22(27)28;;;;;;;;;/h4-6,8-9,15,17-20,24H,3,7,10-14H2,1-2H3,(H,27,28);4*1H4;5*1H2/t15-,17-,18-,19-,20-;;;;;;;;;/m0........./s1. The van der Waals surface area contributed by atoms with Crippen molar-refractivity contribution in [2.24, 2.45) is 5.92 Å². The Morgan fingerprint density at radius 2 is 1.56 bits per heavy atom. The summed E-state index contributed by atoms with van der Waals surface area (Å²) < 4.78 is 5.21. The highest BCUT2D eigenvalue weighted by Gasteiger charge is 2.49. The number of nitrogens with one attached hydrogen (secondary N) is 1. The molecule has 0 bridgehead atoms. The molecule has 39 heavy (non-hydrogen) atoms. The Morgan fingerprint density at radius 3 is 2.08 bits per heavy atom. The van der Waals surface area contributed by atoms with Crippen molar-refractivity contribution in [2.75, 3.05) is 6.61 Å². The summed E-state index contributed by atoms with van der Waals surface area (Å²) in [6.07, 6.45) is 4.54. The number of amides is 1. The highest BCUT2D eigenvalue weighted by atomic mass is 32.1. The average Bonchev–Trinajstić information content (AvgIpc) is 3.32. The first-order valence-electron chi connectivity index (χ1n) is 10.9. The first kappa shape index (κ1) is 54.4. The van der Waals surface area contributed by atoms with Gasteiger partial charge in [-0.25, -0.2) is 4.79 Å². The lowest BCUT2D eigenvalue weighted by atomic mass is 10.0. The van der Waals surface area contributed by atoms with Gasteiger partial charge >= 0.3 is 11.9 Å². The lowest BCUT2D eigenvalue weighted by Crippen LogP contribution is -2.55. The van der Waals surface area contributed by atoms with E-state index in [2.05, 4.69) is 5.32 Å². The molecular formula is C27H58N2O5S5. The highest BCUT2D eigenvalue weighted by molar-refractivity contribution is 7.60. The Balaban J connectivity index is -0.000000228. The Hall–Kier alpha value is -0.660. The van der Waals surface area contributed by atoms with Crippen LogP contribution in [0.4, 0.5) is 0 Å². The van der Waals surface area contributed by atoms with Crippen LogP contribution in [0.5, 0.6) is 0 Å². The van der Waals surface area contributed by atoms with Gasteiger partial charge in [-0.1, -0.05) is 66.5 Å². The molecular weight excluding hydrogens is 593 g/mol. The van der Waals surface area contributed by atoms with Crippen LogP contribution in [-0.4, -0.2) is 58.6 Å². The third-order valence-electron chi connectivity index (χ3n) is 6.33. The number of likely N-dealkylation sites (tertiary alicyclic amines) is 1. The number of hydrogen-bond donors (Lipinski definition) is 2. The fourth-order valence-corrected chi connectivity index (χ4v) is 4.89. The number of benzene rings is 1. The molecule has 2 N–H and O–H groups in total. The average molecular weight is 651 g/mol. The van der Waals surface area contributed by atoms with E-state index in [0.717, 1.165) is 24.8 Å². The molecule has 1 aliphatic heterocycles. The lowest BCUT2D eigenvalue weighted by molar-refractivity contribution is -0.151. The van der Waals surface area contributed by atoms with Gasteiger partial charge in [0.05, 0.1) is 12.6 Å². The van der Waals surface area contributed by atoms with Gasteiger partial charge in [-0.3, -0.25) is 14.9 Å². The zero-order valence-electron chi connectivity index (χ0n) is 20.3. The van der Waals surface area contributed by atoms with Gasteiger partial charge in [0, 0.05) is 6.04 Å². The molecule has 0 spiro atoms. The van der Waals surface area contributed by atoms with Gasteiger partial charge in [0.1, 0.15) is 12.1 Å². The van der Waals surface area contributed by atoms with E-state index in [1.165, 1.54) is 0 Å². The SMILES string of the molecule is C.C.C.C.CCOC(=O)[C@H](CCc1ccccc1)N[C@@H](C)C(=O)N1[C@H](C(=O)O)C[C@@H]2CCC[C@@H]21.S.S.S.S.S. The zero-order valence-corrected chi connectivity index (χ0v) is 25.3. The van der Waals surface area contributed by atoms with Crippen molar-refractivity contribution < 1.29 is 24.2 Å². The van der Waals surface area contributed by atoms with Crippen LogP contribution in [0, 0.1) is 5.92 Å². The summed E-state index contributed by atoms with van der Waals surface area (Å²) in [5, 5.41) is 12.8. The first-order valence-corrected chi connectivity index (χ1v) is 10.9. The van der Waals surface area contributed by atoms with Crippen molar-refractivity contribution in [3.63, 3.8) is 0 Å². The number of ether oxygens (including phenoxy) is 1. The number of esters is 1. The molecule has 1 saturated carbocycles. The van der Waals surface area contributed by atoms with E-state index >= 15 is 0 Å². The number of aliphatic carboxylic acids is 1. The molecule has 12 heteroatoms. The highest BCUT2D eigenvalue weighted by Crippen LogP contribution is 2.41. The van der Waals surface area contributed by atoms with Gasteiger partial charge in [0.25, 0.3) is 0 Å². The largest absolute Gasteiger partial charge is 0.480 e. The molecule has 5 atom stereocenters. The molecule has 0 aromatic heterocycles. The minimum absolute atomic E-state index is 0. The third-order valence-corrected chi connectivity index (χ3v) is 6.33. The topological polar surface area (TPSA) is 95.9 Å². The van der Waals surface area contributed by atoms with E-state index in [4.69, 9.17) is 4.74 Å². The summed E-state index contributed by atoms with van der Waals surface area (Å²) >= 11 is 0. The van der Waals surface area contributed by atoms with Crippen LogP contribution in [-0.2, 0) is 25.5 Å². The monoisotopic (exact) mass is 650 g/mol. The minimum atomic E-state index is -0.948. The van der Waals surface area contributed by atoms with Crippen molar-refractivity contribution in [2.45, 2.75) is 106 Å². The number of carboxylic acid groups (broad SMARTS) is 1. The van der Waals surface area contributed by atoms with Crippen LogP contribution in [0.1, 0.15) is 81.2 Å². The van der Waals surface area contributed by atoms with E-state index < -0.39 is 24.1 Å². The van der Waals surface area contributed by atoms with Crippen LogP contribution in [0.15, 0.2) is 30.3 Å². The maximum atomic E-state index is 13.2. The normalized spacial score (nSPS) is 19.1. The summed E-state index contributed by atoms with van der Waals surface area (Å²) in [5.41, 5.74) is 1.10. The van der Waals surface area contributed by atoms with E-state index in [9.17, 15) is 19.5 Å². The number of carbonyl (C=O) groups is 3. The van der Waals surface area contributed by atoms with Crippen LogP contribution in [0.25, 0.3) is 0 Å². The third kappa shape index (κ3) is 14.2. The van der Waals surface area contributed by atoms with E-state index in [1.54, 1.807) is 18.7 Å². The Bertz CT molecular complexity index is 776. The quantitative estimate of drug-likeness (QED) is 0.343. The molecule has 7 nitrogen and oxygen atoms in total. The summed E-state index contributed by atoms with van der Waals surface area (Å²) in [6.45, 7) is 3.72. The number of fused-ring (bicyclic) bond motifs is 1. The maximum Gasteiger partial charge on any atom is 0.326 e. The molecule has 3 rings (SSSR count). The second kappa shape index (κ2) is 26.3. The van der Waals surface area contributed by atoms with Crippen molar-refractivity contribution in [3.8, 4) is 0 Å². The minimum Gasteiger partial charge on any atom is -0.480 e. The van der Waals surface area contributed by atoms with Gasteiger partial charge in [-0.05, 0) is 57.4 Å². The molecule has 2 fully saturated rings. The number of rotatable bonds is 9. The molecule has 0 unspecified atom stereocenters. The van der Waals surface area contributed by atoms with Gasteiger partial charge in [-0.15, -0.1) is 0 Å². The zero-order chi connectivity index (χ0) is 21.7. The summed E-state index contributed by atoms with van der Waals surface area (Å²) in [5.74, 6) is -1.31. The predicted octanol–water partition coefficient (Wildman–Crippen LogP) is 5.49. The van der Waals surface area contributed by atoms with E-state index in [1.807, 2.05) is 30.3 Å². The Labute approximate surface area is 273 Å². The molecule has 1 aromatic rings. The van der Waals surface area contributed by atoms with Gasteiger partial charge < -0.3 is 14.7 Å². The van der Waals surface area contributed by atoms with Crippen molar-refractivity contribution in [1.82, 2.24) is 10.2 Å². The molecule has 1 aromatic carbocycles. The summed E-state index contributed by atoms with van der Waals surface area (Å²) in [7, 11) is 0. The number of hydrogen-bond acceptors (Lipinski definition) is 5. The van der Waals surface area contributed by atoms with Gasteiger partial charge in [0.15, 0.2) is 0 Å².